The van der Waals surface area contributed by atoms with Gasteiger partial charge in [-0.2, -0.15) is 0 Å². The number of carbonyl (C=O) groups is 5. The maximum Gasteiger partial charge on any atom is 0.345 e. The molecule has 1 saturated heterocycles. The second-order valence-electron chi connectivity index (χ2n) is 9.03. The highest BCUT2D eigenvalue weighted by Gasteiger charge is 2.75. The molecule has 9 nitrogen and oxygen atoms in total. The van der Waals surface area contributed by atoms with Crippen LogP contribution in [0.15, 0.2) is 55.6 Å². The van der Waals surface area contributed by atoms with Crippen LogP contribution in [-0.4, -0.2) is 64.9 Å². The van der Waals surface area contributed by atoms with E-state index in [1.165, 1.54) is 12.2 Å². The predicted molar refractivity (Wildman–Crippen MR) is 126 cm³/mol. The molecular formula is C26H31NO8. The van der Waals surface area contributed by atoms with Gasteiger partial charge in [0.1, 0.15) is 36.6 Å². The summed E-state index contributed by atoms with van der Waals surface area (Å²) in [5.41, 5.74) is -2.81. The van der Waals surface area contributed by atoms with E-state index in [0.717, 1.165) is 11.8 Å². The average Bonchev–Trinajstić information content (AvgIpc) is 2.77. The molecule has 2 rings (SSSR count). The lowest BCUT2D eigenvalue weighted by Gasteiger charge is -2.54. The first-order valence-corrected chi connectivity index (χ1v) is 11.1. The lowest BCUT2D eigenvalue weighted by Crippen LogP contribution is -2.83. The summed E-state index contributed by atoms with van der Waals surface area (Å²) in [4.78, 5) is 66.7. The van der Waals surface area contributed by atoms with Crippen molar-refractivity contribution in [1.29, 1.82) is 0 Å². The number of Topliss-reactive ketones (excluding diaryl/α,β-unsaturated/α-hetero) is 1. The van der Waals surface area contributed by atoms with Crippen molar-refractivity contribution < 1.29 is 38.2 Å². The van der Waals surface area contributed by atoms with E-state index >= 15 is 0 Å². The van der Waals surface area contributed by atoms with Crippen molar-refractivity contribution >= 4 is 29.6 Å². The minimum atomic E-state index is -2.51. The summed E-state index contributed by atoms with van der Waals surface area (Å²) in [6.07, 6.45) is 2.45. The van der Waals surface area contributed by atoms with Crippen LogP contribution in [0.2, 0.25) is 0 Å². The number of ketones is 1. The van der Waals surface area contributed by atoms with E-state index in [2.05, 4.69) is 13.2 Å². The number of benzene rings is 1. The Balaban J connectivity index is 2.70. The van der Waals surface area contributed by atoms with Crippen molar-refractivity contribution in [2.75, 3.05) is 13.2 Å². The van der Waals surface area contributed by atoms with E-state index in [-0.39, 0.29) is 19.6 Å². The summed E-state index contributed by atoms with van der Waals surface area (Å²) in [5.74, 6) is -6.61. The van der Waals surface area contributed by atoms with Crippen molar-refractivity contribution in [2.45, 2.75) is 51.3 Å². The third kappa shape index (κ3) is 5.67. The van der Waals surface area contributed by atoms with Gasteiger partial charge < -0.3 is 19.1 Å². The number of ether oxygens (including phenoxy) is 3. The van der Waals surface area contributed by atoms with E-state index in [1.807, 2.05) is 0 Å². The van der Waals surface area contributed by atoms with Gasteiger partial charge in [0.15, 0.2) is 0 Å². The van der Waals surface area contributed by atoms with Crippen LogP contribution in [0.1, 0.15) is 33.3 Å². The van der Waals surface area contributed by atoms with Gasteiger partial charge in [0.25, 0.3) is 5.54 Å². The van der Waals surface area contributed by atoms with Crippen LogP contribution in [0, 0.1) is 5.92 Å². The predicted octanol–water partition coefficient (Wildman–Crippen LogP) is 2.18. The largest absolute Gasteiger partial charge is 0.459 e. The normalized spacial score (nSPS) is 17.4. The Morgan fingerprint density at radius 2 is 1.54 bits per heavy atom. The van der Waals surface area contributed by atoms with Crippen LogP contribution < -0.4 is 0 Å². The Hall–Kier alpha value is -3.75. The molecule has 188 valence electrons. The minimum absolute atomic E-state index is 0.0860. The number of hydrogen-bond donors (Lipinski definition) is 0. The zero-order valence-corrected chi connectivity index (χ0v) is 20.4. The number of hydrogen-bond acceptors (Lipinski definition) is 8. The van der Waals surface area contributed by atoms with Crippen LogP contribution in [0.3, 0.4) is 0 Å². The van der Waals surface area contributed by atoms with Crippen LogP contribution in [0.4, 0.5) is 0 Å². The van der Waals surface area contributed by atoms with Gasteiger partial charge in [0, 0.05) is 6.42 Å². The molecule has 9 heteroatoms. The van der Waals surface area contributed by atoms with E-state index in [0.29, 0.717) is 5.56 Å². The molecule has 1 heterocycles. The number of esters is 3. The first-order chi connectivity index (χ1) is 16.4. The monoisotopic (exact) mass is 485 g/mol. The van der Waals surface area contributed by atoms with Crippen LogP contribution in [-0.2, 0) is 44.6 Å². The Morgan fingerprint density at radius 3 is 1.97 bits per heavy atom. The lowest BCUT2D eigenvalue weighted by molar-refractivity contribution is -0.211. The van der Waals surface area contributed by atoms with Crippen LogP contribution in [0.25, 0.3) is 0 Å². The molecule has 1 aromatic carbocycles. The standard InChI is InChI=1S/C26H31NO8/c1-7-14-33-23(31)26(24(32)34-15-8-2)20(17(3)28)21(29)27(26)19(22(30)35-25(4,5)6)16-18-12-10-9-11-13-18/h7-13,19-20H,1-2,14-16H2,3-6H3/t19-,20-/m1/s1. The number of carbonyl (C=O) groups excluding carboxylic acids is 5. The quantitative estimate of drug-likeness (QED) is 0.154. The second-order valence-corrected chi connectivity index (χ2v) is 9.03. The van der Waals surface area contributed by atoms with Crippen molar-refractivity contribution in [3.05, 3.63) is 61.2 Å². The lowest BCUT2D eigenvalue weighted by atomic mass is 9.69. The zero-order chi connectivity index (χ0) is 26.4. The number of rotatable bonds is 11. The van der Waals surface area contributed by atoms with Crippen molar-refractivity contribution in [1.82, 2.24) is 4.90 Å². The van der Waals surface area contributed by atoms with E-state index in [9.17, 15) is 24.0 Å². The van der Waals surface area contributed by atoms with Gasteiger partial charge in [0.2, 0.25) is 5.91 Å². The maximum atomic E-state index is 13.4. The van der Waals surface area contributed by atoms with Crippen molar-refractivity contribution in [2.24, 2.45) is 5.92 Å². The zero-order valence-electron chi connectivity index (χ0n) is 20.4. The Morgan fingerprint density at radius 1 is 1.03 bits per heavy atom. The first kappa shape index (κ1) is 27.5. The van der Waals surface area contributed by atoms with Crippen molar-refractivity contribution in [3.63, 3.8) is 0 Å². The fourth-order valence-corrected chi connectivity index (χ4v) is 3.92. The molecule has 1 aromatic rings. The minimum Gasteiger partial charge on any atom is -0.459 e. The molecule has 1 fully saturated rings. The maximum absolute atomic E-state index is 13.4. The highest BCUT2D eigenvalue weighted by molar-refractivity contribution is 6.25. The Bertz CT molecular complexity index is 984. The molecule has 1 amide bonds. The average molecular weight is 486 g/mol. The van der Waals surface area contributed by atoms with E-state index in [4.69, 9.17) is 14.2 Å². The fourth-order valence-electron chi connectivity index (χ4n) is 3.92. The summed E-state index contributed by atoms with van der Waals surface area (Å²) in [6.45, 7) is 12.4. The first-order valence-electron chi connectivity index (χ1n) is 11.1. The molecule has 0 aliphatic carbocycles. The van der Waals surface area contributed by atoms with Gasteiger partial charge in [-0.05, 0) is 33.3 Å². The molecule has 35 heavy (non-hydrogen) atoms. The summed E-state index contributed by atoms with van der Waals surface area (Å²) < 4.78 is 15.8. The van der Waals surface area contributed by atoms with E-state index < -0.39 is 52.7 Å². The highest BCUT2D eigenvalue weighted by Crippen LogP contribution is 2.44. The van der Waals surface area contributed by atoms with Gasteiger partial charge in [-0.1, -0.05) is 55.6 Å². The van der Waals surface area contributed by atoms with Gasteiger partial charge in [-0.25, -0.2) is 14.4 Å². The summed E-state index contributed by atoms with van der Waals surface area (Å²) in [7, 11) is 0. The Labute approximate surface area is 204 Å². The molecule has 0 unspecified atom stereocenters. The molecule has 1 aliphatic rings. The summed E-state index contributed by atoms with van der Waals surface area (Å²) in [6, 6.07) is 7.27. The number of likely N-dealkylation sites (tertiary alicyclic amines) is 1. The SMILES string of the molecule is C=CCOC(=O)C1(C(=O)OCC=C)[C@H](C(C)=O)C(=O)N1[C@H](Cc1ccccc1)C(=O)OC(C)(C)C. The molecule has 0 radical (unpaired) electrons. The molecule has 0 spiro atoms. The molecule has 0 aromatic heterocycles. The molecule has 2 atom stereocenters. The van der Waals surface area contributed by atoms with Crippen LogP contribution in [0.5, 0.6) is 0 Å². The highest BCUT2D eigenvalue weighted by atomic mass is 16.6. The van der Waals surface area contributed by atoms with E-state index in [1.54, 1.807) is 51.1 Å². The number of amides is 1. The molecular weight excluding hydrogens is 454 g/mol. The van der Waals surface area contributed by atoms with Gasteiger partial charge in [-0.3, -0.25) is 9.59 Å². The van der Waals surface area contributed by atoms with Gasteiger partial charge in [-0.15, -0.1) is 0 Å². The summed E-state index contributed by atoms with van der Waals surface area (Å²) in [5, 5.41) is 0. The topological polar surface area (TPSA) is 116 Å². The Kier molecular flexibility index (Phi) is 8.73. The third-order valence-electron chi connectivity index (χ3n) is 5.24. The smallest absolute Gasteiger partial charge is 0.345 e. The van der Waals surface area contributed by atoms with Gasteiger partial charge in [0.05, 0.1) is 0 Å². The molecule has 0 N–H and O–H groups in total. The third-order valence-corrected chi connectivity index (χ3v) is 5.24. The van der Waals surface area contributed by atoms with Crippen LogP contribution >= 0.6 is 0 Å². The second kappa shape index (κ2) is 11.1. The van der Waals surface area contributed by atoms with Crippen molar-refractivity contribution in [3.8, 4) is 0 Å². The fraction of sp³-hybridized carbons (Fsp3) is 0.423. The molecule has 0 bridgehead atoms. The number of β-lactam (4-membered cyclic amide) rings is 1. The number of nitrogens with zero attached hydrogens (tertiary/aromatic N) is 1. The van der Waals surface area contributed by atoms with Gasteiger partial charge >= 0.3 is 17.9 Å². The molecule has 0 saturated carbocycles. The molecule has 1 aliphatic heterocycles. The summed E-state index contributed by atoms with van der Waals surface area (Å²) >= 11 is 0.